The molecular formula is C26H27N3O4S. The van der Waals surface area contributed by atoms with Gasteiger partial charge in [0, 0.05) is 25.2 Å². The predicted octanol–water partition coefficient (Wildman–Crippen LogP) is 2.47. The van der Waals surface area contributed by atoms with E-state index in [1.807, 2.05) is 65.6 Å². The van der Waals surface area contributed by atoms with Crippen LogP contribution in [0.25, 0.3) is 0 Å². The average molecular weight is 478 g/mol. The molecule has 0 radical (unpaired) electrons. The van der Waals surface area contributed by atoms with Gasteiger partial charge in [0.2, 0.25) is 15.9 Å². The second kappa shape index (κ2) is 10.2. The first-order chi connectivity index (χ1) is 16.3. The number of hydrogen-bond acceptors (Lipinski definition) is 4. The maximum Gasteiger partial charge on any atom is 0.254 e. The SMILES string of the molecule is NS(=O)(=O)c1ccc(C(=O)N2CCN(C(=O)Cc3ccccc3)C[C@@H]2Cc2ccccc2)cc1. The van der Waals surface area contributed by atoms with Gasteiger partial charge in [-0.1, -0.05) is 60.7 Å². The summed E-state index contributed by atoms with van der Waals surface area (Å²) in [7, 11) is -3.83. The normalized spacial score (nSPS) is 16.3. The molecular weight excluding hydrogens is 450 g/mol. The maximum absolute atomic E-state index is 13.4. The Kier molecular flexibility index (Phi) is 7.09. The number of rotatable bonds is 6. The monoisotopic (exact) mass is 477 g/mol. The maximum atomic E-state index is 13.4. The molecule has 1 saturated heterocycles. The van der Waals surface area contributed by atoms with Gasteiger partial charge in [0.25, 0.3) is 5.91 Å². The molecule has 1 atom stereocenters. The topological polar surface area (TPSA) is 101 Å². The summed E-state index contributed by atoms with van der Waals surface area (Å²) >= 11 is 0. The molecule has 1 aliphatic heterocycles. The zero-order valence-electron chi connectivity index (χ0n) is 18.7. The van der Waals surface area contributed by atoms with E-state index in [9.17, 15) is 18.0 Å². The van der Waals surface area contributed by atoms with Crippen molar-refractivity contribution in [2.75, 3.05) is 19.6 Å². The lowest BCUT2D eigenvalue weighted by molar-refractivity contribution is -0.133. The van der Waals surface area contributed by atoms with Gasteiger partial charge in [-0.15, -0.1) is 0 Å². The molecule has 0 unspecified atom stereocenters. The number of carbonyl (C=O) groups excluding carboxylic acids is 2. The molecule has 0 bridgehead atoms. The number of amides is 2. The number of sulfonamides is 1. The van der Waals surface area contributed by atoms with E-state index in [-0.39, 0.29) is 22.8 Å². The van der Waals surface area contributed by atoms with E-state index in [0.717, 1.165) is 11.1 Å². The van der Waals surface area contributed by atoms with Crippen LogP contribution in [-0.4, -0.2) is 55.7 Å². The van der Waals surface area contributed by atoms with Gasteiger partial charge in [0.1, 0.15) is 0 Å². The average Bonchev–Trinajstić information content (AvgIpc) is 2.84. The molecule has 176 valence electrons. The minimum absolute atomic E-state index is 0.0360. The number of piperazine rings is 1. The Labute approximate surface area is 199 Å². The van der Waals surface area contributed by atoms with Gasteiger partial charge in [-0.2, -0.15) is 0 Å². The molecule has 0 saturated carbocycles. The molecule has 0 aliphatic carbocycles. The van der Waals surface area contributed by atoms with Crippen LogP contribution >= 0.6 is 0 Å². The van der Waals surface area contributed by atoms with Crippen molar-refractivity contribution < 1.29 is 18.0 Å². The summed E-state index contributed by atoms with van der Waals surface area (Å²) < 4.78 is 23.1. The summed E-state index contributed by atoms with van der Waals surface area (Å²) in [5.74, 6) is -0.161. The highest BCUT2D eigenvalue weighted by atomic mass is 32.2. The molecule has 1 aliphatic rings. The molecule has 1 fully saturated rings. The zero-order valence-corrected chi connectivity index (χ0v) is 19.5. The Morgan fingerprint density at radius 3 is 2.00 bits per heavy atom. The minimum atomic E-state index is -3.83. The molecule has 3 aromatic carbocycles. The largest absolute Gasteiger partial charge is 0.339 e. The fourth-order valence-corrected chi connectivity index (χ4v) is 4.76. The van der Waals surface area contributed by atoms with Crippen molar-refractivity contribution in [3.63, 3.8) is 0 Å². The lowest BCUT2D eigenvalue weighted by atomic mass is 10.00. The van der Waals surface area contributed by atoms with Crippen molar-refractivity contribution in [2.45, 2.75) is 23.8 Å². The number of hydrogen-bond donors (Lipinski definition) is 1. The lowest BCUT2D eigenvalue weighted by Crippen LogP contribution is -2.57. The van der Waals surface area contributed by atoms with Crippen LogP contribution < -0.4 is 5.14 Å². The second-order valence-corrected chi connectivity index (χ2v) is 9.98. The number of primary sulfonamides is 1. The Bertz CT molecular complexity index is 1250. The van der Waals surface area contributed by atoms with Gasteiger partial charge in [-0.3, -0.25) is 9.59 Å². The minimum Gasteiger partial charge on any atom is -0.339 e. The predicted molar refractivity (Wildman–Crippen MR) is 130 cm³/mol. The van der Waals surface area contributed by atoms with Crippen LogP contribution in [0.1, 0.15) is 21.5 Å². The van der Waals surface area contributed by atoms with Gasteiger partial charge < -0.3 is 9.80 Å². The standard InChI is InChI=1S/C26H27N3O4S/c27-34(32,33)24-13-11-22(12-14-24)26(31)29-16-15-28(25(30)18-21-9-5-2-6-10-21)19-23(29)17-20-7-3-1-4-8-20/h1-14,23H,15-19H2,(H2,27,32,33)/t23-/m0/s1. The van der Waals surface area contributed by atoms with E-state index in [4.69, 9.17) is 5.14 Å². The quantitative estimate of drug-likeness (QED) is 0.589. The Balaban J connectivity index is 1.53. The fraction of sp³-hybridized carbons (Fsp3) is 0.231. The van der Waals surface area contributed by atoms with Crippen molar-refractivity contribution in [2.24, 2.45) is 5.14 Å². The van der Waals surface area contributed by atoms with Crippen LogP contribution in [0.15, 0.2) is 89.8 Å². The van der Waals surface area contributed by atoms with Gasteiger partial charge in [0.05, 0.1) is 17.4 Å². The van der Waals surface area contributed by atoms with Crippen molar-refractivity contribution >= 4 is 21.8 Å². The smallest absolute Gasteiger partial charge is 0.254 e. The third-order valence-corrected chi connectivity index (χ3v) is 6.97. The van der Waals surface area contributed by atoms with Gasteiger partial charge in [0.15, 0.2) is 0 Å². The van der Waals surface area contributed by atoms with Crippen molar-refractivity contribution in [1.82, 2.24) is 9.80 Å². The molecule has 7 nitrogen and oxygen atoms in total. The van der Waals surface area contributed by atoms with Gasteiger partial charge in [-0.05, 0) is 41.8 Å². The molecule has 1 heterocycles. The van der Waals surface area contributed by atoms with Crippen LogP contribution in [0.5, 0.6) is 0 Å². The second-order valence-electron chi connectivity index (χ2n) is 8.41. The van der Waals surface area contributed by atoms with Gasteiger partial charge >= 0.3 is 0 Å². The van der Waals surface area contributed by atoms with E-state index in [2.05, 4.69) is 0 Å². The summed E-state index contributed by atoms with van der Waals surface area (Å²) in [5.41, 5.74) is 2.42. The molecule has 0 aromatic heterocycles. The Hall–Kier alpha value is -3.49. The number of benzene rings is 3. The van der Waals surface area contributed by atoms with E-state index in [1.165, 1.54) is 24.3 Å². The highest BCUT2D eigenvalue weighted by Gasteiger charge is 2.33. The summed E-state index contributed by atoms with van der Waals surface area (Å²) in [6, 6.07) is 24.9. The Morgan fingerprint density at radius 1 is 0.824 bits per heavy atom. The number of nitrogens with zero attached hydrogens (tertiary/aromatic N) is 2. The molecule has 2 N–H and O–H groups in total. The van der Waals surface area contributed by atoms with Crippen LogP contribution in [0, 0.1) is 0 Å². The molecule has 34 heavy (non-hydrogen) atoms. The first-order valence-electron chi connectivity index (χ1n) is 11.1. The first kappa shape index (κ1) is 23.7. The van der Waals surface area contributed by atoms with Crippen molar-refractivity contribution in [1.29, 1.82) is 0 Å². The summed E-state index contributed by atoms with van der Waals surface area (Å²) in [4.78, 5) is 29.9. The van der Waals surface area contributed by atoms with Crippen LogP contribution in [0.3, 0.4) is 0 Å². The van der Waals surface area contributed by atoms with E-state index < -0.39 is 10.0 Å². The van der Waals surface area contributed by atoms with Gasteiger partial charge in [-0.25, -0.2) is 13.6 Å². The van der Waals surface area contributed by atoms with E-state index in [0.29, 0.717) is 38.0 Å². The third kappa shape index (κ3) is 5.70. The molecule has 8 heteroatoms. The highest BCUT2D eigenvalue weighted by molar-refractivity contribution is 7.89. The summed E-state index contributed by atoms with van der Waals surface area (Å²) in [6.45, 7) is 1.27. The van der Waals surface area contributed by atoms with Crippen LogP contribution in [0.2, 0.25) is 0 Å². The summed E-state index contributed by atoms with van der Waals surface area (Å²) in [6.07, 6.45) is 0.929. The van der Waals surface area contributed by atoms with Crippen molar-refractivity contribution in [3.05, 3.63) is 102 Å². The number of nitrogens with two attached hydrogens (primary N) is 1. The Morgan fingerprint density at radius 2 is 1.41 bits per heavy atom. The molecule has 3 aromatic rings. The van der Waals surface area contributed by atoms with E-state index in [1.54, 1.807) is 4.90 Å². The zero-order chi connectivity index (χ0) is 24.1. The lowest BCUT2D eigenvalue weighted by Gasteiger charge is -2.42. The fourth-order valence-electron chi connectivity index (χ4n) is 4.25. The third-order valence-electron chi connectivity index (χ3n) is 6.04. The van der Waals surface area contributed by atoms with Crippen molar-refractivity contribution in [3.8, 4) is 0 Å². The number of carbonyl (C=O) groups is 2. The molecule has 4 rings (SSSR count). The highest BCUT2D eigenvalue weighted by Crippen LogP contribution is 2.20. The van der Waals surface area contributed by atoms with Crippen LogP contribution in [0.4, 0.5) is 0 Å². The van der Waals surface area contributed by atoms with E-state index >= 15 is 0 Å². The summed E-state index contributed by atoms with van der Waals surface area (Å²) in [5, 5.41) is 5.17. The first-order valence-corrected chi connectivity index (χ1v) is 12.7. The molecule has 2 amide bonds. The molecule has 0 spiro atoms. The van der Waals surface area contributed by atoms with Crippen LogP contribution in [-0.2, 0) is 27.7 Å².